The molecule has 0 radical (unpaired) electrons. The topological polar surface area (TPSA) is 83.6 Å². The highest BCUT2D eigenvalue weighted by atomic mass is 19.4. The third-order valence-electron chi connectivity index (χ3n) is 4.86. The van der Waals surface area contributed by atoms with Crippen LogP contribution >= 0.6 is 0 Å². The van der Waals surface area contributed by atoms with Crippen molar-refractivity contribution in [2.45, 2.75) is 31.6 Å². The number of piperidine rings is 1. The van der Waals surface area contributed by atoms with Gasteiger partial charge in [-0.15, -0.1) is 0 Å². The van der Waals surface area contributed by atoms with Gasteiger partial charge in [-0.3, -0.25) is 4.79 Å². The molecule has 7 nitrogen and oxygen atoms in total. The van der Waals surface area contributed by atoms with Crippen molar-refractivity contribution in [1.29, 1.82) is 0 Å². The number of amides is 3. The molecule has 0 bridgehead atoms. The molecule has 3 amide bonds. The molecular weight excluding hydrogens is 432 g/mol. The molecule has 1 aromatic heterocycles. The first-order valence-electron chi connectivity index (χ1n) is 9.94. The number of alkyl halides is 3. The highest BCUT2D eigenvalue weighted by molar-refractivity contribution is 5.94. The lowest BCUT2D eigenvalue weighted by Crippen LogP contribution is -2.49. The molecule has 0 unspecified atom stereocenters. The number of likely N-dealkylation sites (tertiary alicyclic amines) is 1. The smallest absolute Gasteiger partial charge is 0.422 e. The summed E-state index contributed by atoms with van der Waals surface area (Å²) in [7, 11) is 0. The van der Waals surface area contributed by atoms with Crippen molar-refractivity contribution >= 4 is 11.9 Å². The van der Waals surface area contributed by atoms with E-state index in [2.05, 4.69) is 20.4 Å². The second-order valence-electron chi connectivity index (χ2n) is 7.28. The Kier molecular flexibility index (Phi) is 7.49. The Balaban J connectivity index is 1.39. The van der Waals surface area contributed by atoms with Crippen LogP contribution in [-0.2, 0) is 6.54 Å². The molecule has 1 fully saturated rings. The third kappa shape index (κ3) is 6.82. The number of halogens is 4. The summed E-state index contributed by atoms with van der Waals surface area (Å²) in [6.07, 6.45) is -2.07. The predicted molar refractivity (Wildman–Crippen MR) is 106 cm³/mol. The van der Waals surface area contributed by atoms with Gasteiger partial charge in [0.1, 0.15) is 5.82 Å². The number of carbonyl (C=O) groups is 2. The van der Waals surface area contributed by atoms with Gasteiger partial charge in [0, 0.05) is 37.9 Å². The Bertz CT molecular complexity index is 929. The number of rotatable bonds is 6. The maximum absolute atomic E-state index is 13.8. The van der Waals surface area contributed by atoms with Crippen molar-refractivity contribution < 1.29 is 31.9 Å². The van der Waals surface area contributed by atoms with Crippen molar-refractivity contribution in [2.75, 3.05) is 19.7 Å². The molecule has 1 aliphatic rings. The van der Waals surface area contributed by atoms with Gasteiger partial charge in [-0.05, 0) is 30.5 Å². The first-order chi connectivity index (χ1) is 15.2. The van der Waals surface area contributed by atoms with Gasteiger partial charge in [0.25, 0.3) is 5.91 Å². The lowest BCUT2D eigenvalue weighted by molar-refractivity contribution is -0.154. The number of benzene rings is 1. The lowest BCUT2D eigenvalue weighted by Gasteiger charge is -2.32. The van der Waals surface area contributed by atoms with Gasteiger partial charge in [-0.2, -0.15) is 13.2 Å². The van der Waals surface area contributed by atoms with Crippen LogP contribution in [0, 0.1) is 5.82 Å². The van der Waals surface area contributed by atoms with Crippen molar-refractivity contribution in [3.63, 3.8) is 0 Å². The Labute approximate surface area is 181 Å². The quantitative estimate of drug-likeness (QED) is 0.657. The maximum Gasteiger partial charge on any atom is 0.422 e. The molecule has 3 rings (SSSR count). The van der Waals surface area contributed by atoms with Crippen LogP contribution in [0.2, 0.25) is 0 Å². The summed E-state index contributed by atoms with van der Waals surface area (Å²) in [6, 6.07) is 8.05. The highest BCUT2D eigenvalue weighted by Crippen LogP contribution is 2.18. The van der Waals surface area contributed by atoms with E-state index in [4.69, 9.17) is 0 Å². The molecule has 172 valence electrons. The number of hydrogen-bond donors (Lipinski definition) is 2. The highest BCUT2D eigenvalue weighted by Gasteiger charge is 2.28. The number of hydrogen-bond acceptors (Lipinski definition) is 4. The van der Waals surface area contributed by atoms with Gasteiger partial charge in [-0.25, -0.2) is 14.2 Å². The van der Waals surface area contributed by atoms with Gasteiger partial charge in [0.05, 0.1) is 5.56 Å². The van der Waals surface area contributed by atoms with Crippen LogP contribution in [-0.4, -0.2) is 53.7 Å². The molecule has 11 heteroatoms. The van der Waals surface area contributed by atoms with Crippen LogP contribution in [0.5, 0.6) is 5.88 Å². The van der Waals surface area contributed by atoms with Crippen LogP contribution < -0.4 is 15.4 Å². The summed E-state index contributed by atoms with van der Waals surface area (Å²) in [5, 5.41) is 5.46. The first kappa shape index (κ1) is 23.3. The van der Waals surface area contributed by atoms with Crippen molar-refractivity contribution in [2.24, 2.45) is 0 Å². The average molecular weight is 454 g/mol. The molecule has 1 aliphatic heterocycles. The zero-order valence-corrected chi connectivity index (χ0v) is 17.0. The van der Waals surface area contributed by atoms with Crippen LogP contribution in [0.3, 0.4) is 0 Å². The molecule has 1 saturated heterocycles. The molecule has 0 atom stereocenters. The normalized spacial score (nSPS) is 14.7. The molecular formula is C21H22F4N4O3. The van der Waals surface area contributed by atoms with Gasteiger partial charge in [0.15, 0.2) is 6.61 Å². The molecule has 32 heavy (non-hydrogen) atoms. The zero-order chi connectivity index (χ0) is 23.1. The summed E-state index contributed by atoms with van der Waals surface area (Å²) in [5.41, 5.74) is 0.616. The van der Waals surface area contributed by atoms with Crippen LogP contribution in [0.1, 0.15) is 28.8 Å². The fourth-order valence-corrected chi connectivity index (χ4v) is 3.21. The summed E-state index contributed by atoms with van der Waals surface area (Å²) < 4.78 is 54.7. The molecule has 2 heterocycles. The van der Waals surface area contributed by atoms with E-state index in [-0.39, 0.29) is 29.9 Å². The van der Waals surface area contributed by atoms with E-state index in [9.17, 15) is 27.2 Å². The second kappa shape index (κ2) is 10.3. The standard InChI is InChI=1S/C21H22F4N4O3/c22-17-4-2-1-3-16(17)19(30)29-9-7-15(8-10-29)28-20(31)27-12-14-5-6-18(26-11-14)32-13-21(23,24)25/h1-6,11,15H,7-10,12-13H2,(H2,27,28,31). The molecule has 1 aromatic carbocycles. The molecule has 0 spiro atoms. The second-order valence-corrected chi connectivity index (χ2v) is 7.28. The number of ether oxygens (including phenoxy) is 1. The van der Waals surface area contributed by atoms with Gasteiger partial charge < -0.3 is 20.3 Å². The fraction of sp³-hybridized carbons (Fsp3) is 0.381. The zero-order valence-electron chi connectivity index (χ0n) is 17.0. The minimum atomic E-state index is -4.44. The van der Waals surface area contributed by atoms with E-state index in [1.54, 1.807) is 11.0 Å². The van der Waals surface area contributed by atoms with Crippen molar-refractivity contribution in [1.82, 2.24) is 20.5 Å². The SMILES string of the molecule is O=C(NCc1ccc(OCC(F)(F)F)nc1)NC1CCN(C(=O)c2ccccc2F)CC1. The number of pyridine rings is 1. The predicted octanol–water partition coefficient (Wildman–Crippen LogP) is 3.27. The number of nitrogens with zero attached hydrogens (tertiary/aromatic N) is 2. The minimum absolute atomic E-state index is 0.0279. The largest absolute Gasteiger partial charge is 0.468 e. The van der Waals surface area contributed by atoms with E-state index in [1.807, 2.05) is 0 Å². The number of carbonyl (C=O) groups excluding carboxylic acids is 2. The number of urea groups is 1. The van der Waals surface area contributed by atoms with Gasteiger partial charge in [0.2, 0.25) is 5.88 Å². The number of aromatic nitrogens is 1. The average Bonchev–Trinajstić information content (AvgIpc) is 2.77. The van der Waals surface area contributed by atoms with E-state index < -0.39 is 24.6 Å². The van der Waals surface area contributed by atoms with E-state index in [1.165, 1.54) is 36.5 Å². The summed E-state index contributed by atoms with van der Waals surface area (Å²) >= 11 is 0. The van der Waals surface area contributed by atoms with Crippen LogP contribution in [0.25, 0.3) is 0 Å². The van der Waals surface area contributed by atoms with E-state index in [0.717, 1.165) is 0 Å². The maximum atomic E-state index is 13.8. The van der Waals surface area contributed by atoms with Crippen LogP contribution in [0.4, 0.5) is 22.4 Å². The van der Waals surface area contributed by atoms with E-state index >= 15 is 0 Å². The third-order valence-corrected chi connectivity index (χ3v) is 4.86. The number of nitrogens with one attached hydrogen (secondary N) is 2. The molecule has 0 saturated carbocycles. The molecule has 2 N–H and O–H groups in total. The molecule has 2 aromatic rings. The van der Waals surface area contributed by atoms with Gasteiger partial charge in [-0.1, -0.05) is 18.2 Å². The Morgan fingerprint density at radius 3 is 2.47 bits per heavy atom. The van der Waals surface area contributed by atoms with Crippen LogP contribution in [0.15, 0.2) is 42.6 Å². The summed E-state index contributed by atoms with van der Waals surface area (Å²) in [6.45, 7) is -0.517. The molecule has 0 aliphatic carbocycles. The minimum Gasteiger partial charge on any atom is -0.468 e. The van der Waals surface area contributed by atoms with E-state index in [0.29, 0.717) is 31.5 Å². The Morgan fingerprint density at radius 1 is 1.12 bits per heavy atom. The van der Waals surface area contributed by atoms with Gasteiger partial charge >= 0.3 is 12.2 Å². The first-order valence-corrected chi connectivity index (χ1v) is 9.94. The Morgan fingerprint density at radius 2 is 1.84 bits per heavy atom. The lowest BCUT2D eigenvalue weighted by atomic mass is 10.0. The summed E-state index contributed by atoms with van der Waals surface area (Å²) in [4.78, 5) is 29.9. The Hall–Kier alpha value is -3.37. The fourth-order valence-electron chi connectivity index (χ4n) is 3.21. The summed E-state index contributed by atoms with van der Waals surface area (Å²) in [5.74, 6) is -1.10. The monoisotopic (exact) mass is 454 g/mol. The van der Waals surface area contributed by atoms with Crippen molar-refractivity contribution in [3.05, 3.63) is 59.5 Å². The van der Waals surface area contributed by atoms with Crippen molar-refractivity contribution in [3.8, 4) is 5.88 Å².